The highest BCUT2D eigenvalue weighted by atomic mass is 16.2. The summed E-state index contributed by atoms with van der Waals surface area (Å²) in [6.07, 6.45) is 3.15. The summed E-state index contributed by atoms with van der Waals surface area (Å²) in [7, 11) is 0. The lowest BCUT2D eigenvalue weighted by molar-refractivity contribution is -0.122. The molecular weight excluding hydrogens is 284 g/mol. The molecule has 2 N–H and O–H groups in total. The Kier molecular flexibility index (Phi) is 4.77. The number of hydrogen-bond acceptors (Lipinski definition) is 2. The van der Waals surface area contributed by atoms with Gasteiger partial charge >= 0.3 is 0 Å². The highest BCUT2D eigenvalue weighted by molar-refractivity contribution is 5.79. The van der Waals surface area contributed by atoms with Crippen LogP contribution in [0.3, 0.4) is 0 Å². The van der Waals surface area contributed by atoms with Crippen molar-refractivity contribution in [1.29, 1.82) is 0 Å². The van der Waals surface area contributed by atoms with Gasteiger partial charge in [-0.2, -0.15) is 0 Å². The maximum atomic E-state index is 12.4. The molecule has 2 aromatic carbocycles. The largest absolute Gasteiger partial charge is 0.345 e. The fourth-order valence-corrected chi connectivity index (χ4v) is 2.90. The molecule has 1 atom stereocenters. The molecule has 120 valence electrons. The molecule has 0 heterocycles. The summed E-state index contributed by atoms with van der Waals surface area (Å²) >= 11 is 0. The molecule has 1 unspecified atom stereocenters. The predicted molar refractivity (Wildman–Crippen MR) is 93.1 cm³/mol. The van der Waals surface area contributed by atoms with Gasteiger partial charge in [0.2, 0.25) is 5.91 Å². The molecule has 0 spiro atoms. The zero-order chi connectivity index (χ0) is 16.1. The topological polar surface area (TPSA) is 41.1 Å². The third-order valence-corrected chi connectivity index (χ3v) is 4.36. The van der Waals surface area contributed by atoms with Crippen LogP contribution >= 0.6 is 0 Å². The second-order valence-electron chi connectivity index (χ2n) is 6.56. The van der Waals surface area contributed by atoms with Crippen LogP contribution < -0.4 is 10.6 Å². The second-order valence-corrected chi connectivity index (χ2v) is 6.56. The first-order chi connectivity index (χ1) is 11.2. The molecule has 1 aliphatic carbocycles. The van der Waals surface area contributed by atoms with Crippen molar-refractivity contribution in [3.8, 4) is 0 Å². The van der Waals surface area contributed by atoms with Crippen molar-refractivity contribution in [2.24, 2.45) is 0 Å². The standard InChI is InChI=1S/C20H24N2O/c1-20(17-10-6-3-7-11-17,14-16-8-4-2-5-9-16)22-19(23)15-21-18-12-13-18/h2-11,18,21H,12-15H2,1H3,(H,22,23). The Labute approximate surface area is 138 Å². The molecule has 0 bridgehead atoms. The van der Waals surface area contributed by atoms with Crippen LogP contribution in [0.1, 0.15) is 30.9 Å². The molecule has 2 aromatic rings. The summed E-state index contributed by atoms with van der Waals surface area (Å²) < 4.78 is 0. The molecule has 1 saturated carbocycles. The zero-order valence-corrected chi connectivity index (χ0v) is 13.6. The molecule has 0 saturated heterocycles. The molecule has 1 aliphatic rings. The number of carbonyl (C=O) groups is 1. The molecule has 1 amide bonds. The quantitative estimate of drug-likeness (QED) is 0.825. The van der Waals surface area contributed by atoms with E-state index in [9.17, 15) is 4.79 Å². The van der Waals surface area contributed by atoms with Crippen molar-refractivity contribution in [1.82, 2.24) is 10.6 Å². The Bertz CT molecular complexity index is 637. The van der Waals surface area contributed by atoms with E-state index in [4.69, 9.17) is 0 Å². The molecule has 0 aromatic heterocycles. The first kappa shape index (κ1) is 15.8. The van der Waals surface area contributed by atoms with Gasteiger partial charge in [-0.25, -0.2) is 0 Å². The van der Waals surface area contributed by atoms with Crippen molar-refractivity contribution >= 4 is 5.91 Å². The minimum atomic E-state index is -0.412. The number of carbonyl (C=O) groups excluding carboxylic acids is 1. The van der Waals surface area contributed by atoms with E-state index >= 15 is 0 Å². The van der Waals surface area contributed by atoms with Crippen LogP contribution in [0.4, 0.5) is 0 Å². The fourth-order valence-electron chi connectivity index (χ4n) is 2.90. The van der Waals surface area contributed by atoms with Gasteiger partial charge in [0.15, 0.2) is 0 Å². The van der Waals surface area contributed by atoms with Crippen LogP contribution in [0, 0.1) is 0 Å². The highest BCUT2D eigenvalue weighted by Crippen LogP contribution is 2.25. The molecule has 3 rings (SSSR count). The SMILES string of the molecule is CC(Cc1ccccc1)(NC(=O)CNC1CC1)c1ccccc1. The van der Waals surface area contributed by atoms with E-state index in [1.54, 1.807) is 0 Å². The third-order valence-electron chi connectivity index (χ3n) is 4.36. The maximum absolute atomic E-state index is 12.4. The monoisotopic (exact) mass is 308 g/mol. The molecule has 3 heteroatoms. The lowest BCUT2D eigenvalue weighted by Crippen LogP contribution is -2.48. The van der Waals surface area contributed by atoms with Crippen molar-refractivity contribution in [3.63, 3.8) is 0 Å². The minimum Gasteiger partial charge on any atom is -0.345 e. The Hall–Kier alpha value is -2.13. The van der Waals surface area contributed by atoms with E-state index in [1.807, 2.05) is 36.4 Å². The summed E-state index contributed by atoms with van der Waals surface area (Å²) in [6.45, 7) is 2.49. The number of amides is 1. The Balaban J connectivity index is 1.76. The van der Waals surface area contributed by atoms with Crippen molar-refractivity contribution in [2.75, 3.05) is 6.54 Å². The van der Waals surface area contributed by atoms with E-state index in [0.29, 0.717) is 12.6 Å². The van der Waals surface area contributed by atoms with Crippen LogP contribution in [-0.4, -0.2) is 18.5 Å². The lowest BCUT2D eigenvalue weighted by atomic mass is 9.85. The zero-order valence-electron chi connectivity index (χ0n) is 13.6. The van der Waals surface area contributed by atoms with Gasteiger partial charge < -0.3 is 10.6 Å². The van der Waals surface area contributed by atoms with Gasteiger partial charge in [0.05, 0.1) is 12.1 Å². The summed E-state index contributed by atoms with van der Waals surface area (Å²) in [5, 5.41) is 6.52. The van der Waals surface area contributed by atoms with Crippen LogP contribution in [0.5, 0.6) is 0 Å². The molecule has 3 nitrogen and oxygen atoms in total. The lowest BCUT2D eigenvalue weighted by Gasteiger charge is -2.32. The van der Waals surface area contributed by atoms with Gasteiger partial charge in [-0.05, 0) is 37.3 Å². The number of benzene rings is 2. The smallest absolute Gasteiger partial charge is 0.234 e. The first-order valence-electron chi connectivity index (χ1n) is 8.29. The van der Waals surface area contributed by atoms with Crippen molar-refractivity contribution in [2.45, 2.75) is 37.8 Å². The molecule has 0 aliphatic heterocycles. The summed E-state index contributed by atoms with van der Waals surface area (Å²) in [5.41, 5.74) is 1.93. The predicted octanol–water partition coefficient (Wildman–Crippen LogP) is 3.01. The summed E-state index contributed by atoms with van der Waals surface area (Å²) in [5.74, 6) is 0.0548. The average molecular weight is 308 g/mol. The maximum Gasteiger partial charge on any atom is 0.234 e. The average Bonchev–Trinajstić information content (AvgIpc) is 3.39. The Morgan fingerprint density at radius 3 is 2.26 bits per heavy atom. The van der Waals surface area contributed by atoms with Crippen LogP contribution in [0.15, 0.2) is 60.7 Å². The van der Waals surface area contributed by atoms with E-state index in [0.717, 1.165) is 12.0 Å². The molecule has 1 fully saturated rings. The van der Waals surface area contributed by atoms with E-state index in [1.165, 1.54) is 18.4 Å². The summed E-state index contributed by atoms with van der Waals surface area (Å²) in [6, 6.07) is 21.1. The van der Waals surface area contributed by atoms with Crippen LogP contribution in [-0.2, 0) is 16.8 Å². The van der Waals surface area contributed by atoms with Gasteiger partial charge in [-0.15, -0.1) is 0 Å². The van der Waals surface area contributed by atoms with Gasteiger partial charge in [0.1, 0.15) is 0 Å². The minimum absolute atomic E-state index is 0.0548. The normalized spacial score (nSPS) is 16.6. The number of rotatable bonds is 7. The molecule has 23 heavy (non-hydrogen) atoms. The van der Waals surface area contributed by atoms with Gasteiger partial charge in [-0.1, -0.05) is 60.7 Å². The van der Waals surface area contributed by atoms with E-state index < -0.39 is 5.54 Å². The summed E-state index contributed by atoms with van der Waals surface area (Å²) in [4.78, 5) is 12.4. The van der Waals surface area contributed by atoms with Gasteiger partial charge in [0, 0.05) is 6.04 Å². The Morgan fingerprint density at radius 1 is 1.04 bits per heavy atom. The van der Waals surface area contributed by atoms with E-state index in [-0.39, 0.29) is 5.91 Å². The first-order valence-corrected chi connectivity index (χ1v) is 8.29. The second kappa shape index (κ2) is 6.97. The molecule has 0 radical (unpaired) electrons. The van der Waals surface area contributed by atoms with Crippen LogP contribution in [0.2, 0.25) is 0 Å². The van der Waals surface area contributed by atoms with Crippen molar-refractivity contribution in [3.05, 3.63) is 71.8 Å². The van der Waals surface area contributed by atoms with Crippen molar-refractivity contribution < 1.29 is 4.79 Å². The van der Waals surface area contributed by atoms with Gasteiger partial charge in [0.25, 0.3) is 0 Å². The third kappa shape index (κ3) is 4.42. The molecular formula is C20H24N2O. The Morgan fingerprint density at radius 2 is 1.65 bits per heavy atom. The number of hydrogen-bond donors (Lipinski definition) is 2. The van der Waals surface area contributed by atoms with Gasteiger partial charge in [-0.3, -0.25) is 4.79 Å². The fraction of sp³-hybridized carbons (Fsp3) is 0.350. The van der Waals surface area contributed by atoms with Crippen LogP contribution in [0.25, 0.3) is 0 Å². The number of nitrogens with one attached hydrogen (secondary N) is 2. The van der Waals surface area contributed by atoms with E-state index in [2.05, 4.69) is 41.8 Å². The highest BCUT2D eigenvalue weighted by Gasteiger charge is 2.29.